The van der Waals surface area contributed by atoms with E-state index in [0.29, 0.717) is 18.7 Å². The fourth-order valence-corrected chi connectivity index (χ4v) is 3.00. The maximum atomic E-state index is 12.0. The Hall–Kier alpha value is -1.55. The van der Waals surface area contributed by atoms with Crippen LogP contribution < -0.4 is 4.90 Å². The van der Waals surface area contributed by atoms with Crippen molar-refractivity contribution in [2.75, 3.05) is 17.2 Å². The van der Waals surface area contributed by atoms with Crippen LogP contribution in [-0.4, -0.2) is 24.0 Å². The van der Waals surface area contributed by atoms with Crippen LogP contribution in [0.2, 0.25) is 0 Å². The van der Waals surface area contributed by atoms with Gasteiger partial charge in [0, 0.05) is 23.4 Å². The smallest absolute Gasteiger partial charge is 0.237 e. The van der Waals surface area contributed by atoms with E-state index in [2.05, 4.69) is 6.58 Å². The summed E-state index contributed by atoms with van der Waals surface area (Å²) in [5, 5.41) is 0. The number of hydrogen-bond acceptors (Lipinski definition) is 3. The Kier molecular flexibility index (Phi) is 4.10. The highest BCUT2D eigenvalue weighted by Crippen LogP contribution is 2.36. The number of thioether (sulfide) groups is 1. The van der Waals surface area contributed by atoms with Crippen LogP contribution in [-0.2, 0) is 4.79 Å². The van der Waals surface area contributed by atoms with Gasteiger partial charge in [-0.3, -0.25) is 9.59 Å². The van der Waals surface area contributed by atoms with Crippen LogP contribution in [0.1, 0.15) is 30.6 Å². The SMILES string of the molecule is C=C(C)CN1C(=O)CSc2cc(C(=O)CC)ccc21. The minimum Gasteiger partial charge on any atom is -0.306 e. The number of anilines is 1. The average Bonchev–Trinajstić information content (AvgIpc) is 2.40. The first-order chi connectivity index (χ1) is 9.02. The molecule has 1 aromatic carbocycles. The van der Waals surface area contributed by atoms with Gasteiger partial charge in [-0.2, -0.15) is 0 Å². The van der Waals surface area contributed by atoms with Crippen LogP contribution in [0.4, 0.5) is 5.69 Å². The first-order valence-corrected chi connectivity index (χ1v) is 7.26. The zero-order valence-corrected chi connectivity index (χ0v) is 12.0. The number of benzene rings is 1. The summed E-state index contributed by atoms with van der Waals surface area (Å²) in [6.45, 7) is 8.16. The second kappa shape index (κ2) is 5.61. The van der Waals surface area contributed by atoms with Gasteiger partial charge in [0.1, 0.15) is 0 Å². The van der Waals surface area contributed by atoms with Crippen molar-refractivity contribution in [2.24, 2.45) is 0 Å². The molecule has 0 saturated carbocycles. The summed E-state index contributed by atoms with van der Waals surface area (Å²) in [6, 6.07) is 5.56. The molecule has 0 aromatic heterocycles. The molecule has 1 aromatic rings. The van der Waals surface area contributed by atoms with Crippen LogP contribution in [0.25, 0.3) is 0 Å². The number of amides is 1. The van der Waals surface area contributed by atoms with Crippen molar-refractivity contribution in [3.8, 4) is 0 Å². The molecule has 19 heavy (non-hydrogen) atoms. The number of carbonyl (C=O) groups is 2. The summed E-state index contributed by atoms with van der Waals surface area (Å²) in [4.78, 5) is 26.4. The zero-order valence-electron chi connectivity index (χ0n) is 11.2. The van der Waals surface area contributed by atoms with Gasteiger partial charge in [0.2, 0.25) is 5.91 Å². The average molecular weight is 275 g/mol. The third kappa shape index (κ3) is 2.89. The molecule has 0 N–H and O–H groups in total. The third-order valence-corrected chi connectivity index (χ3v) is 4.00. The van der Waals surface area contributed by atoms with Crippen LogP contribution in [0, 0.1) is 0 Å². The Morgan fingerprint density at radius 2 is 2.21 bits per heavy atom. The van der Waals surface area contributed by atoms with E-state index >= 15 is 0 Å². The van der Waals surface area contributed by atoms with Gasteiger partial charge in [-0.05, 0) is 25.1 Å². The topological polar surface area (TPSA) is 37.4 Å². The second-order valence-corrected chi connectivity index (χ2v) is 5.70. The fourth-order valence-electron chi connectivity index (χ4n) is 2.03. The molecule has 1 heterocycles. The molecule has 0 fully saturated rings. The molecule has 0 bridgehead atoms. The van der Waals surface area contributed by atoms with Gasteiger partial charge >= 0.3 is 0 Å². The summed E-state index contributed by atoms with van der Waals surface area (Å²) in [7, 11) is 0. The van der Waals surface area contributed by atoms with Gasteiger partial charge in [-0.15, -0.1) is 11.8 Å². The minimum absolute atomic E-state index is 0.0927. The molecule has 0 atom stereocenters. The Morgan fingerprint density at radius 1 is 1.47 bits per heavy atom. The zero-order chi connectivity index (χ0) is 14.0. The lowest BCUT2D eigenvalue weighted by atomic mass is 10.1. The van der Waals surface area contributed by atoms with Crippen molar-refractivity contribution in [3.05, 3.63) is 35.9 Å². The molecule has 0 unspecified atom stereocenters. The Labute approximate surface area is 117 Å². The number of nitrogens with zero attached hydrogens (tertiary/aromatic N) is 1. The Morgan fingerprint density at radius 3 is 2.84 bits per heavy atom. The van der Waals surface area contributed by atoms with Gasteiger partial charge in [-0.25, -0.2) is 0 Å². The highest BCUT2D eigenvalue weighted by atomic mass is 32.2. The lowest BCUT2D eigenvalue weighted by Gasteiger charge is -2.29. The highest BCUT2D eigenvalue weighted by Gasteiger charge is 2.25. The summed E-state index contributed by atoms with van der Waals surface area (Å²) >= 11 is 1.50. The number of ketones is 1. The standard InChI is InChI=1S/C15H17NO2S/c1-4-13(17)11-5-6-12-14(7-11)19-9-15(18)16(12)8-10(2)3/h5-7H,2,4,8-9H2,1,3H3. The molecule has 0 radical (unpaired) electrons. The molecule has 2 rings (SSSR count). The summed E-state index contributed by atoms with van der Waals surface area (Å²) in [5.74, 6) is 0.645. The summed E-state index contributed by atoms with van der Waals surface area (Å²) in [6.07, 6.45) is 0.498. The molecule has 1 aliphatic rings. The number of rotatable bonds is 4. The minimum atomic E-state index is 0.0927. The lowest BCUT2D eigenvalue weighted by Crippen LogP contribution is -2.36. The van der Waals surface area contributed by atoms with Crippen molar-refractivity contribution in [1.82, 2.24) is 0 Å². The molecular weight excluding hydrogens is 258 g/mol. The van der Waals surface area contributed by atoms with E-state index in [1.165, 1.54) is 11.8 Å². The van der Waals surface area contributed by atoms with Crippen molar-refractivity contribution in [3.63, 3.8) is 0 Å². The normalized spacial score (nSPS) is 14.2. The van der Waals surface area contributed by atoms with Crippen molar-refractivity contribution in [1.29, 1.82) is 0 Å². The molecule has 0 aliphatic carbocycles. The molecule has 3 nitrogen and oxygen atoms in total. The quantitative estimate of drug-likeness (QED) is 0.625. The highest BCUT2D eigenvalue weighted by molar-refractivity contribution is 8.00. The van der Waals surface area contributed by atoms with Crippen LogP contribution >= 0.6 is 11.8 Å². The summed E-state index contributed by atoms with van der Waals surface area (Å²) in [5.41, 5.74) is 2.55. The molecule has 100 valence electrons. The third-order valence-electron chi connectivity index (χ3n) is 2.97. The number of hydrogen-bond donors (Lipinski definition) is 0. The van der Waals surface area contributed by atoms with Gasteiger partial charge in [0.15, 0.2) is 5.78 Å². The lowest BCUT2D eigenvalue weighted by molar-refractivity contribution is -0.116. The van der Waals surface area contributed by atoms with E-state index in [1.54, 1.807) is 11.0 Å². The van der Waals surface area contributed by atoms with Gasteiger partial charge in [-0.1, -0.05) is 19.1 Å². The van der Waals surface area contributed by atoms with E-state index < -0.39 is 0 Å². The number of Topliss-reactive ketones (excluding diaryl/α,β-unsaturated/α-hetero) is 1. The van der Waals surface area contributed by atoms with E-state index in [-0.39, 0.29) is 11.7 Å². The van der Waals surface area contributed by atoms with Crippen LogP contribution in [0.5, 0.6) is 0 Å². The fraction of sp³-hybridized carbons (Fsp3) is 0.333. The molecule has 0 saturated heterocycles. The van der Waals surface area contributed by atoms with Gasteiger partial charge < -0.3 is 4.90 Å². The van der Waals surface area contributed by atoms with Crippen LogP contribution in [0.15, 0.2) is 35.2 Å². The molecule has 1 aliphatic heterocycles. The number of carbonyl (C=O) groups excluding carboxylic acids is 2. The second-order valence-electron chi connectivity index (χ2n) is 4.68. The van der Waals surface area contributed by atoms with Crippen molar-refractivity contribution >= 4 is 29.1 Å². The van der Waals surface area contributed by atoms with Gasteiger partial charge in [0.05, 0.1) is 11.4 Å². The van der Waals surface area contributed by atoms with E-state index in [9.17, 15) is 9.59 Å². The Bertz CT molecular complexity index is 551. The molecule has 1 amide bonds. The predicted octanol–water partition coefficient (Wildman–Crippen LogP) is 3.29. The van der Waals surface area contributed by atoms with Crippen molar-refractivity contribution in [2.45, 2.75) is 25.2 Å². The number of fused-ring (bicyclic) bond motifs is 1. The predicted molar refractivity (Wildman–Crippen MR) is 79.0 cm³/mol. The Balaban J connectivity index is 2.38. The first-order valence-electron chi connectivity index (χ1n) is 6.27. The molecule has 0 spiro atoms. The molecule has 4 heteroatoms. The van der Waals surface area contributed by atoms with Gasteiger partial charge in [0.25, 0.3) is 0 Å². The first kappa shape index (κ1) is 13.9. The van der Waals surface area contributed by atoms with E-state index in [0.717, 1.165) is 21.7 Å². The largest absolute Gasteiger partial charge is 0.306 e. The maximum Gasteiger partial charge on any atom is 0.237 e. The summed E-state index contributed by atoms with van der Waals surface area (Å²) < 4.78 is 0. The van der Waals surface area contributed by atoms with Crippen LogP contribution in [0.3, 0.4) is 0 Å². The maximum absolute atomic E-state index is 12.0. The molecular formula is C15H17NO2S. The monoisotopic (exact) mass is 275 g/mol. The van der Waals surface area contributed by atoms with E-state index in [1.807, 2.05) is 26.0 Å². The van der Waals surface area contributed by atoms with E-state index in [4.69, 9.17) is 0 Å². The van der Waals surface area contributed by atoms with Crippen molar-refractivity contribution < 1.29 is 9.59 Å².